The third-order valence-corrected chi connectivity index (χ3v) is 4.70. The summed E-state index contributed by atoms with van der Waals surface area (Å²) < 4.78 is 0.823. The molecule has 0 aliphatic carbocycles. The van der Waals surface area contributed by atoms with Crippen molar-refractivity contribution in [2.24, 2.45) is 0 Å². The van der Waals surface area contributed by atoms with Crippen molar-refractivity contribution in [3.63, 3.8) is 0 Å². The normalized spacial score (nSPS) is 19.2. The molecule has 1 aromatic carbocycles. The zero-order chi connectivity index (χ0) is 15.4. The van der Waals surface area contributed by atoms with Crippen LogP contribution in [0.15, 0.2) is 22.7 Å². The first-order valence-electron chi connectivity index (χ1n) is 7.55. The van der Waals surface area contributed by atoms with E-state index in [1.54, 1.807) is 6.92 Å². The number of benzene rings is 1. The molecule has 1 aromatic rings. The molecule has 1 atom stereocenters. The molecule has 114 valence electrons. The van der Waals surface area contributed by atoms with Crippen molar-refractivity contribution in [3.05, 3.63) is 33.8 Å². The highest BCUT2D eigenvalue weighted by Crippen LogP contribution is 2.25. The molecule has 0 N–H and O–H groups in total. The van der Waals surface area contributed by atoms with Gasteiger partial charge in [0.1, 0.15) is 5.78 Å². The van der Waals surface area contributed by atoms with E-state index in [1.807, 2.05) is 30.0 Å². The molecule has 1 aliphatic rings. The van der Waals surface area contributed by atoms with Gasteiger partial charge in [0.25, 0.3) is 5.91 Å². The summed E-state index contributed by atoms with van der Waals surface area (Å²) in [5.41, 5.74) is 1.77. The molecular weight excluding hydrogens is 330 g/mol. The van der Waals surface area contributed by atoms with Crippen molar-refractivity contribution in [2.45, 2.75) is 52.0 Å². The van der Waals surface area contributed by atoms with Crippen molar-refractivity contribution in [3.8, 4) is 0 Å². The van der Waals surface area contributed by atoms with E-state index in [2.05, 4.69) is 15.9 Å². The average Bonchev–Trinajstić information content (AvgIpc) is 2.65. The molecule has 0 spiro atoms. The highest BCUT2D eigenvalue weighted by atomic mass is 79.9. The highest BCUT2D eigenvalue weighted by Gasteiger charge is 2.28. The van der Waals surface area contributed by atoms with E-state index in [1.165, 1.54) is 0 Å². The van der Waals surface area contributed by atoms with Crippen molar-refractivity contribution in [1.29, 1.82) is 0 Å². The van der Waals surface area contributed by atoms with Crippen LogP contribution in [0, 0.1) is 6.92 Å². The summed E-state index contributed by atoms with van der Waals surface area (Å²) in [5.74, 6) is 0.196. The summed E-state index contributed by atoms with van der Waals surface area (Å²) in [7, 11) is 0. The molecule has 1 saturated heterocycles. The SMILES string of the molecule is CC(=O)CC1CCCCCN1C(=O)c1cc(C)ccc1Br. The Bertz CT molecular complexity index is 542. The second-order valence-corrected chi connectivity index (χ2v) is 6.75. The van der Waals surface area contributed by atoms with Crippen molar-refractivity contribution < 1.29 is 9.59 Å². The summed E-state index contributed by atoms with van der Waals surface area (Å²) in [6.07, 6.45) is 4.64. The maximum absolute atomic E-state index is 12.9. The lowest BCUT2D eigenvalue weighted by Crippen LogP contribution is -2.41. The number of carbonyl (C=O) groups is 2. The standard InChI is InChI=1S/C17H22BrNO2/c1-12-7-8-16(18)15(10-12)17(21)19-9-5-3-4-6-14(19)11-13(2)20/h7-8,10,14H,3-6,9,11H2,1-2H3. The van der Waals surface area contributed by atoms with Crippen LogP contribution in [0.2, 0.25) is 0 Å². The molecule has 0 bridgehead atoms. The second kappa shape index (κ2) is 7.21. The lowest BCUT2D eigenvalue weighted by atomic mass is 10.0. The van der Waals surface area contributed by atoms with Crippen LogP contribution in [-0.4, -0.2) is 29.2 Å². The third-order valence-electron chi connectivity index (χ3n) is 4.01. The summed E-state index contributed by atoms with van der Waals surface area (Å²) in [6.45, 7) is 4.34. The molecule has 1 unspecified atom stereocenters. The predicted octanol–water partition coefficient (Wildman–Crippen LogP) is 4.12. The van der Waals surface area contributed by atoms with Crippen LogP contribution in [0.25, 0.3) is 0 Å². The summed E-state index contributed by atoms with van der Waals surface area (Å²) in [5, 5.41) is 0. The van der Waals surface area contributed by atoms with Gasteiger partial charge < -0.3 is 4.90 Å². The van der Waals surface area contributed by atoms with Gasteiger partial charge in [0.2, 0.25) is 0 Å². The summed E-state index contributed by atoms with van der Waals surface area (Å²) in [4.78, 5) is 26.3. The number of Topliss-reactive ketones (excluding diaryl/α,β-unsaturated/α-hetero) is 1. The third kappa shape index (κ3) is 4.16. The molecule has 1 amide bonds. The molecule has 0 saturated carbocycles. The maximum Gasteiger partial charge on any atom is 0.255 e. The predicted molar refractivity (Wildman–Crippen MR) is 87.5 cm³/mol. The quantitative estimate of drug-likeness (QED) is 0.821. The number of nitrogens with zero attached hydrogens (tertiary/aromatic N) is 1. The number of halogens is 1. The Hall–Kier alpha value is -1.16. The van der Waals surface area contributed by atoms with Crippen molar-refractivity contribution in [1.82, 2.24) is 4.90 Å². The number of carbonyl (C=O) groups excluding carboxylic acids is 2. The van der Waals surface area contributed by atoms with Crippen LogP contribution in [0.4, 0.5) is 0 Å². The first-order valence-corrected chi connectivity index (χ1v) is 8.35. The minimum absolute atomic E-state index is 0.0405. The highest BCUT2D eigenvalue weighted by molar-refractivity contribution is 9.10. The van der Waals surface area contributed by atoms with Gasteiger partial charge in [-0.05, 0) is 54.8 Å². The van der Waals surface area contributed by atoms with E-state index in [0.29, 0.717) is 12.0 Å². The number of ketones is 1. The molecule has 1 aliphatic heterocycles. The largest absolute Gasteiger partial charge is 0.335 e. The number of amides is 1. The minimum atomic E-state index is 0.0405. The molecule has 21 heavy (non-hydrogen) atoms. The van der Waals surface area contributed by atoms with E-state index < -0.39 is 0 Å². The van der Waals surface area contributed by atoms with Crippen molar-refractivity contribution in [2.75, 3.05) is 6.54 Å². The molecule has 1 fully saturated rings. The van der Waals surface area contributed by atoms with Gasteiger partial charge in [-0.2, -0.15) is 0 Å². The fourth-order valence-electron chi connectivity index (χ4n) is 2.95. The van der Waals surface area contributed by atoms with Crippen LogP contribution in [0.5, 0.6) is 0 Å². The lowest BCUT2D eigenvalue weighted by Gasteiger charge is -2.30. The van der Waals surface area contributed by atoms with E-state index in [4.69, 9.17) is 0 Å². The van der Waals surface area contributed by atoms with E-state index >= 15 is 0 Å². The van der Waals surface area contributed by atoms with Gasteiger partial charge in [-0.1, -0.05) is 24.5 Å². The molecule has 3 nitrogen and oxygen atoms in total. The van der Waals surface area contributed by atoms with Crippen LogP contribution >= 0.6 is 15.9 Å². The van der Waals surface area contributed by atoms with Crippen LogP contribution in [0.3, 0.4) is 0 Å². The Balaban J connectivity index is 2.28. The second-order valence-electron chi connectivity index (χ2n) is 5.89. The van der Waals surface area contributed by atoms with Crippen molar-refractivity contribution >= 4 is 27.6 Å². The Kier molecular flexibility index (Phi) is 5.57. The fourth-order valence-corrected chi connectivity index (χ4v) is 3.36. The summed E-state index contributed by atoms with van der Waals surface area (Å²) >= 11 is 3.47. The zero-order valence-electron chi connectivity index (χ0n) is 12.7. The van der Waals surface area contributed by atoms with Gasteiger partial charge in [0, 0.05) is 23.5 Å². The topological polar surface area (TPSA) is 37.4 Å². The van der Waals surface area contributed by atoms with E-state index in [-0.39, 0.29) is 17.7 Å². The molecule has 0 radical (unpaired) electrons. The Labute approximate surface area is 134 Å². The first-order chi connectivity index (χ1) is 9.99. The molecular formula is C17H22BrNO2. The number of aryl methyl sites for hydroxylation is 1. The summed E-state index contributed by atoms with van der Waals surface area (Å²) in [6, 6.07) is 5.86. The van der Waals surface area contributed by atoms with E-state index in [0.717, 1.165) is 42.3 Å². The average molecular weight is 352 g/mol. The smallest absolute Gasteiger partial charge is 0.255 e. The molecule has 2 rings (SSSR count). The lowest BCUT2D eigenvalue weighted by molar-refractivity contribution is -0.118. The molecule has 0 aromatic heterocycles. The van der Waals surface area contributed by atoms with Gasteiger partial charge >= 0.3 is 0 Å². The minimum Gasteiger partial charge on any atom is -0.335 e. The van der Waals surface area contributed by atoms with Gasteiger partial charge in [-0.25, -0.2) is 0 Å². The maximum atomic E-state index is 12.9. The Morgan fingerprint density at radius 1 is 1.29 bits per heavy atom. The van der Waals surface area contributed by atoms with Crippen LogP contribution < -0.4 is 0 Å². The van der Waals surface area contributed by atoms with Gasteiger partial charge in [-0.3, -0.25) is 9.59 Å². The van der Waals surface area contributed by atoms with Gasteiger partial charge in [0.05, 0.1) is 5.56 Å². The first kappa shape index (κ1) is 16.2. The fraction of sp³-hybridized carbons (Fsp3) is 0.529. The Morgan fingerprint density at radius 2 is 2.05 bits per heavy atom. The molecule has 1 heterocycles. The van der Waals surface area contributed by atoms with E-state index in [9.17, 15) is 9.59 Å². The number of likely N-dealkylation sites (tertiary alicyclic amines) is 1. The van der Waals surface area contributed by atoms with Gasteiger partial charge in [-0.15, -0.1) is 0 Å². The number of hydrogen-bond acceptors (Lipinski definition) is 2. The van der Waals surface area contributed by atoms with Crippen LogP contribution in [-0.2, 0) is 4.79 Å². The van der Waals surface area contributed by atoms with Gasteiger partial charge in [0.15, 0.2) is 0 Å². The molecule has 4 heteroatoms. The zero-order valence-corrected chi connectivity index (χ0v) is 14.3. The number of rotatable bonds is 3. The number of hydrogen-bond donors (Lipinski definition) is 0. The Morgan fingerprint density at radius 3 is 2.76 bits per heavy atom. The van der Waals surface area contributed by atoms with Crippen LogP contribution in [0.1, 0.15) is 54.9 Å². The monoisotopic (exact) mass is 351 g/mol.